The summed E-state index contributed by atoms with van der Waals surface area (Å²) in [5.74, 6) is 0. The number of hydrogen-bond acceptors (Lipinski definition) is 3. The maximum Gasteiger partial charge on any atom is 0.184 e. The number of nitrogens with zero attached hydrogens (tertiary/aromatic N) is 1. The van der Waals surface area contributed by atoms with Gasteiger partial charge in [-0.3, -0.25) is 0 Å². The highest BCUT2D eigenvalue weighted by molar-refractivity contribution is 7.22. The van der Waals surface area contributed by atoms with Crippen LogP contribution in [0.2, 0.25) is 0 Å². The lowest BCUT2D eigenvalue weighted by Gasteiger charge is -2.11. The SMILES string of the molecule is CCCCC(C)Nc1nc2c(C)cccc2s1. The molecule has 1 atom stereocenters. The first-order valence-electron chi connectivity index (χ1n) is 6.33. The van der Waals surface area contributed by atoms with Gasteiger partial charge in [-0.05, 0) is 31.9 Å². The predicted molar refractivity (Wildman–Crippen MR) is 77.0 cm³/mol. The number of benzene rings is 1. The van der Waals surface area contributed by atoms with Crippen molar-refractivity contribution in [3.05, 3.63) is 23.8 Å². The normalized spacial score (nSPS) is 12.9. The van der Waals surface area contributed by atoms with Gasteiger partial charge in [-0.2, -0.15) is 0 Å². The Morgan fingerprint density at radius 1 is 1.41 bits per heavy atom. The second-order valence-electron chi connectivity index (χ2n) is 4.63. The lowest BCUT2D eigenvalue weighted by molar-refractivity contribution is 0.645. The summed E-state index contributed by atoms with van der Waals surface area (Å²) in [5.41, 5.74) is 2.40. The molecule has 3 heteroatoms. The molecule has 2 nitrogen and oxygen atoms in total. The van der Waals surface area contributed by atoms with Gasteiger partial charge >= 0.3 is 0 Å². The van der Waals surface area contributed by atoms with Gasteiger partial charge in [0, 0.05) is 6.04 Å². The van der Waals surface area contributed by atoms with Crippen LogP contribution in [-0.4, -0.2) is 11.0 Å². The first kappa shape index (κ1) is 12.4. The summed E-state index contributed by atoms with van der Waals surface area (Å²) in [4.78, 5) is 4.67. The van der Waals surface area contributed by atoms with E-state index in [-0.39, 0.29) is 0 Å². The summed E-state index contributed by atoms with van der Waals surface area (Å²) in [6, 6.07) is 6.87. The van der Waals surface area contributed by atoms with E-state index < -0.39 is 0 Å². The Morgan fingerprint density at radius 2 is 2.24 bits per heavy atom. The fourth-order valence-corrected chi connectivity index (χ4v) is 3.00. The molecule has 0 saturated carbocycles. The lowest BCUT2D eigenvalue weighted by Crippen LogP contribution is -2.14. The average molecular weight is 248 g/mol. The van der Waals surface area contributed by atoms with Gasteiger partial charge in [0.2, 0.25) is 0 Å². The third-order valence-electron chi connectivity index (χ3n) is 2.98. The number of unbranched alkanes of at least 4 members (excludes halogenated alkanes) is 1. The second-order valence-corrected chi connectivity index (χ2v) is 5.66. The minimum absolute atomic E-state index is 0.510. The number of aryl methyl sites for hydroxylation is 1. The van der Waals surface area contributed by atoms with Crippen molar-refractivity contribution < 1.29 is 0 Å². The van der Waals surface area contributed by atoms with E-state index in [9.17, 15) is 0 Å². The van der Waals surface area contributed by atoms with Crippen LogP contribution in [0.25, 0.3) is 10.2 Å². The number of hydrogen-bond donors (Lipinski definition) is 1. The minimum Gasteiger partial charge on any atom is -0.359 e. The highest BCUT2D eigenvalue weighted by atomic mass is 32.1. The predicted octanol–water partition coefficient (Wildman–Crippen LogP) is 4.60. The van der Waals surface area contributed by atoms with Crippen LogP contribution in [0.3, 0.4) is 0 Å². The number of nitrogens with one attached hydrogen (secondary N) is 1. The van der Waals surface area contributed by atoms with Gasteiger partial charge in [0.05, 0.1) is 10.2 Å². The summed E-state index contributed by atoms with van der Waals surface area (Å²) >= 11 is 1.75. The maximum atomic E-state index is 4.67. The first-order valence-corrected chi connectivity index (χ1v) is 7.15. The smallest absolute Gasteiger partial charge is 0.184 e. The van der Waals surface area contributed by atoms with Gasteiger partial charge in [-0.25, -0.2) is 4.98 Å². The zero-order chi connectivity index (χ0) is 12.3. The van der Waals surface area contributed by atoms with E-state index in [1.165, 1.54) is 29.5 Å². The molecule has 92 valence electrons. The van der Waals surface area contributed by atoms with Crippen molar-refractivity contribution in [3.8, 4) is 0 Å². The van der Waals surface area contributed by atoms with Crippen molar-refractivity contribution in [1.82, 2.24) is 4.98 Å². The quantitative estimate of drug-likeness (QED) is 0.836. The van der Waals surface area contributed by atoms with E-state index in [0.717, 1.165) is 10.6 Å². The third-order valence-corrected chi connectivity index (χ3v) is 3.93. The van der Waals surface area contributed by atoms with Gasteiger partial charge < -0.3 is 5.32 Å². The lowest BCUT2D eigenvalue weighted by atomic mass is 10.1. The summed E-state index contributed by atoms with van der Waals surface area (Å²) in [6.07, 6.45) is 3.74. The number of fused-ring (bicyclic) bond motifs is 1. The van der Waals surface area contributed by atoms with Crippen LogP contribution >= 0.6 is 11.3 Å². The summed E-state index contributed by atoms with van der Waals surface area (Å²) in [6.45, 7) is 6.58. The molecule has 0 saturated heterocycles. The Bertz CT molecular complexity index is 490. The molecule has 1 aromatic heterocycles. The van der Waals surface area contributed by atoms with Gasteiger partial charge in [0.1, 0.15) is 0 Å². The summed E-state index contributed by atoms with van der Waals surface area (Å²) < 4.78 is 1.27. The molecule has 0 radical (unpaired) electrons. The molecule has 1 aromatic carbocycles. The summed E-state index contributed by atoms with van der Waals surface area (Å²) in [7, 11) is 0. The summed E-state index contributed by atoms with van der Waals surface area (Å²) in [5, 5.41) is 4.55. The number of rotatable bonds is 5. The molecule has 0 amide bonds. The van der Waals surface area contributed by atoms with Gasteiger partial charge in [0.15, 0.2) is 5.13 Å². The Hall–Kier alpha value is -1.09. The molecule has 0 aliphatic heterocycles. The van der Waals surface area contributed by atoms with E-state index in [4.69, 9.17) is 0 Å². The van der Waals surface area contributed by atoms with E-state index in [0.29, 0.717) is 6.04 Å². The molecule has 2 rings (SSSR count). The van der Waals surface area contributed by atoms with Crippen molar-refractivity contribution in [2.24, 2.45) is 0 Å². The van der Waals surface area contributed by atoms with Crippen molar-refractivity contribution >= 4 is 26.7 Å². The minimum atomic E-state index is 0.510. The molecule has 1 heterocycles. The largest absolute Gasteiger partial charge is 0.359 e. The van der Waals surface area contributed by atoms with Crippen LogP contribution in [0.4, 0.5) is 5.13 Å². The topological polar surface area (TPSA) is 24.9 Å². The van der Waals surface area contributed by atoms with Gasteiger partial charge in [-0.1, -0.05) is 43.2 Å². The Balaban J connectivity index is 2.11. The average Bonchev–Trinajstić information content (AvgIpc) is 2.70. The Labute approximate surface area is 107 Å². The zero-order valence-corrected chi connectivity index (χ0v) is 11.6. The zero-order valence-electron chi connectivity index (χ0n) is 10.8. The highest BCUT2D eigenvalue weighted by Crippen LogP contribution is 2.28. The van der Waals surface area contributed by atoms with Crippen LogP contribution in [0.15, 0.2) is 18.2 Å². The molecule has 0 aliphatic rings. The highest BCUT2D eigenvalue weighted by Gasteiger charge is 2.08. The molecule has 0 fully saturated rings. The van der Waals surface area contributed by atoms with Crippen LogP contribution in [-0.2, 0) is 0 Å². The third kappa shape index (κ3) is 2.97. The van der Waals surface area contributed by atoms with Crippen LogP contribution in [0, 0.1) is 6.92 Å². The van der Waals surface area contributed by atoms with Crippen LogP contribution in [0.5, 0.6) is 0 Å². The standard InChI is InChI=1S/C14H20N2S/c1-4-5-8-11(3)15-14-16-13-10(2)7-6-9-12(13)17-14/h6-7,9,11H,4-5,8H2,1-3H3,(H,15,16). The molecule has 0 bridgehead atoms. The molecular weight excluding hydrogens is 228 g/mol. The first-order chi connectivity index (χ1) is 8.20. The fourth-order valence-electron chi connectivity index (χ4n) is 1.94. The Morgan fingerprint density at radius 3 is 2.94 bits per heavy atom. The molecule has 17 heavy (non-hydrogen) atoms. The van der Waals surface area contributed by atoms with E-state index in [1.807, 2.05) is 0 Å². The molecule has 1 unspecified atom stereocenters. The van der Waals surface area contributed by atoms with Gasteiger partial charge in [-0.15, -0.1) is 0 Å². The maximum absolute atomic E-state index is 4.67. The van der Waals surface area contributed by atoms with Crippen molar-refractivity contribution in [2.75, 3.05) is 5.32 Å². The van der Waals surface area contributed by atoms with Crippen molar-refractivity contribution in [1.29, 1.82) is 0 Å². The fraction of sp³-hybridized carbons (Fsp3) is 0.500. The van der Waals surface area contributed by atoms with Crippen molar-refractivity contribution in [3.63, 3.8) is 0 Å². The van der Waals surface area contributed by atoms with Gasteiger partial charge in [0.25, 0.3) is 0 Å². The molecular formula is C14H20N2S. The molecule has 1 N–H and O–H groups in total. The molecule has 0 aliphatic carbocycles. The Kier molecular flexibility index (Phi) is 4.00. The van der Waals surface area contributed by atoms with Crippen molar-refractivity contribution in [2.45, 2.75) is 46.1 Å². The van der Waals surface area contributed by atoms with E-state index in [2.05, 4.69) is 49.3 Å². The molecule has 0 spiro atoms. The van der Waals surface area contributed by atoms with Crippen LogP contribution in [0.1, 0.15) is 38.7 Å². The van der Waals surface area contributed by atoms with E-state index >= 15 is 0 Å². The second kappa shape index (κ2) is 5.50. The number of para-hydroxylation sites is 1. The monoisotopic (exact) mass is 248 g/mol. The number of thiazole rings is 1. The molecule has 2 aromatic rings. The number of aromatic nitrogens is 1. The van der Waals surface area contributed by atoms with Crippen LogP contribution < -0.4 is 5.32 Å². The van der Waals surface area contributed by atoms with E-state index in [1.54, 1.807) is 11.3 Å². The number of anilines is 1.